The van der Waals surface area contributed by atoms with E-state index in [9.17, 15) is 18.0 Å². The van der Waals surface area contributed by atoms with Crippen molar-refractivity contribution in [2.75, 3.05) is 4.72 Å². The van der Waals surface area contributed by atoms with E-state index in [0.29, 0.717) is 0 Å². The molecule has 3 N–H and O–H groups in total. The highest BCUT2D eigenvalue weighted by atomic mass is 32.2. The van der Waals surface area contributed by atoms with Crippen molar-refractivity contribution in [1.82, 2.24) is 4.98 Å². The Morgan fingerprint density at radius 2 is 1.85 bits per heavy atom. The molecule has 1 heterocycles. The Morgan fingerprint density at radius 1 is 1.15 bits per heavy atom. The number of anilines is 1. The third-order valence-corrected chi connectivity index (χ3v) is 3.83. The van der Waals surface area contributed by atoms with E-state index in [-0.39, 0.29) is 16.1 Å². The summed E-state index contributed by atoms with van der Waals surface area (Å²) in [4.78, 5) is 24.0. The van der Waals surface area contributed by atoms with E-state index < -0.39 is 21.6 Å². The normalized spacial score (nSPS) is 11.0. The van der Waals surface area contributed by atoms with Crippen molar-refractivity contribution in [3.05, 3.63) is 58.5 Å². The second kappa shape index (κ2) is 5.17. The van der Waals surface area contributed by atoms with E-state index in [1.165, 1.54) is 24.3 Å². The average Bonchev–Trinajstić information content (AvgIpc) is 2.39. The molecule has 8 heteroatoms. The number of carbonyl (C=O) groups is 1. The third-order valence-electron chi connectivity index (χ3n) is 2.47. The van der Waals surface area contributed by atoms with Crippen LogP contribution in [0.4, 0.5) is 5.69 Å². The van der Waals surface area contributed by atoms with Crippen LogP contribution in [0.3, 0.4) is 0 Å². The van der Waals surface area contributed by atoms with Crippen molar-refractivity contribution < 1.29 is 18.3 Å². The summed E-state index contributed by atoms with van der Waals surface area (Å²) in [5.74, 6) is -1.25. The van der Waals surface area contributed by atoms with Crippen LogP contribution in [0.1, 0.15) is 10.4 Å². The van der Waals surface area contributed by atoms with Crippen molar-refractivity contribution in [2.24, 2.45) is 0 Å². The molecule has 20 heavy (non-hydrogen) atoms. The van der Waals surface area contributed by atoms with Gasteiger partial charge in [0.25, 0.3) is 10.0 Å². The van der Waals surface area contributed by atoms with Gasteiger partial charge in [0.05, 0.1) is 11.3 Å². The lowest BCUT2D eigenvalue weighted by Crippen LogP contribution is -2.17. The molecule has 1 aromatic heterocycles. The van der Waals surface area contributed by atoms with Crippen molar-refractivity contribution in [3.8, 4) is 0 Å². The van der Waals surface area contributed by atoms with Gasteiger partial charge >= 0.3 is 5.97 Å². The van der Waals surface area contributed by atoms with Crippen LogP contribution in [0.15, 0.2) is 52.3 Å². The quantitative estimate of drug-likeness (QED) is 0.773. The molecular formula is C12H10N2O5S. The van der Waals surface area contributed by atoms with E-state index in [4.69, 9.17) is 5.11 Å². The maximum atomic E-state index is 12.1. The van der Waals surface area contributed by atoms with Gasteiger partial charge in [0.1, 0.15) is 4.90 Å². The minimum absolute atomic E-state index is 0.0498. The largest absolute Gasteiger partial charge is 0.478 e. The fourth-order valence-corrected chi connectivity index (χ4v) is 2.57. The molecule has 104 valence electrons. The summed E-state index contributed by atoms with van der Waals surface area (Å²) >= 11 is 0. The zero-order valence-electron chi connectivity index (χ0n) is 10.0. The molecule has 0 spiro atoms. The second-order valence-corrected chi connectivity index (χ2v) is 5.53. The topological polar surface area (TPSA) is 116 Å². The van der Waals surface area contributed by atoms with E-state index in [1.807, 2.05) is 0 Å². The number of aromatic amines is 1. The summed E-state index contributed by atoms with van der Waals surface area (Å²) in [6.07, 6.45) is 1.04. The van der Waals surface area contributed by atoms with Crippen LogP contribution in [-0.4, -0.2) is 24.5 Å². The van der Waals surface area contributed by atoms with E-state index in [0.717, 1.165) is 18.3 Å². The Hall–Kier alpha value is -2.61. The van der Waals surface area contributed by atoms with E-state index >= 15 is 0 Å². The summed E-state index contributed by atoms with van der Waals surface area (Å²) in [5, 5.41) is 8.99. The first-order chi connectivity index (χ1) is 9.40. The lowest BCUT2D eigenvalue weighted by atomic mass is 10.2. The Labute approximate surface area is 114 Å². The number of pyridine rings is 1. The van der Waals surface area contributed by atoms with Gasteiger partial charge < -0.3 is 10.1 Å². The monoisotopic (exact) mass is 294 g/mol. The number of hydrogen-bond donors (Lipinski definition) is 3. The predicted octanol–water partition coefficient (Wildman–Crippen LogP) is 0.874. The number of hydrogen-bond acceptors (Lipinski definition) is 4. The number of benzene rings is 1. The molecular weight excluding hydrogens is 284 g/mol. The van der Waals surface area contributed by atoms with E-state index in [2.05, 4.69) is 9.71 Å². The smallest absolute Gasteiger partial charge is 0.337 e. The van der Waals surface area contributed by atoms with Gasteiger partial charge in [-0.1, -0.05) is 12.1 Å². The second-order valence-electron chi connectivity index (χ2n) is 3.84. The number of carboxylic acids is 1. The van der Waals surface area contributed by atoms with Gasteiger partial charge in [-0.2, -0.15) is 0 Å². The summed E-state index contributed by atoms with van der Waals surface area (Å²) in [6, 6.07) is 7.82. The molecule has 0 radical (unpaired) electrons. The predicted molar refractivity (Wildman–Crippen MR) is 71.3 cm³/mol. The molecule has 2 aromatic rings. The van der Waals surface area contributed by atoms with Crippen molar-refractivity contribution in [2.45, 2.75) is 4.90 Å². The minimum atomic E-state index is -3.97. The standard InChI is InChI=1S/C12H10N2O5S/c15-11-6-5-8(7-13-11)20(18,19)14-10-4-2-1-3-9(10)12(16)17/h1-7,14H,(H,13,15)(H,16,17). The maximum absolute atomic E-state index is 12.1. The van der Waals surface area contributed by atoms with Crippen LogP contribution in [-0.2, 0) is 10.0 Å². The summed E-state index contributed by atoms with van der Waals surface area (Å²) in [5.41, 5.74) is -0.651. The molecule has 1 aromatic carbocycles. The molecule has 7 nitrogen and oxygen atoms in total. The van der Waals surface area contributed by atoms with Crippen LogP contribution in [0.5, 0.6) is 0 Å². The molecule has 0 saturated heterocycles. The number of H-pyrrole nitrogens is 1. The van der Waals surface area contributed by atoms with Crippen molar-refractivity contribution >= 4 is 21.7 Å². The molecule has 0 aliphatic carbocycles. The highest BCUT2D eigenvalue weighted by molar-refractivity contribution is 7.92. The zero-order chi connectivity index (χ0) is 14.8. The third kappa shape index (κ3) is 2.86. The number of para-hydroxylation sites is 1. The Morgan fingerprint density at radius 3 is 2.45 bits per heavy atom. The van der Waals surface area contributed by atoms with Gasteiger partial charge in [0.15, 0.2) is 0 Å². The number of aromatic nitrogens is 1. The molecule has 0 saturated carbocycles. The van der Waals surface area contributed by atoms with Crippen molar-refractivity contribution in [1.29, 1.82) is 0 Å². The fourth-order valence-electron chi connectivity index (χ4n) is 1.53. The highest BCUT2D eigenvalue weighted by Crippen LogP contribution is 2.19. The molecule has 0 aliphatic heterocycles. The lowest BCUT2D eigenvalue weighted by Gasteiger charge is -2.09. The molecule has 0 bridgehead atoms. The van der Waals surface area contributed by atoms with Gasteiger partial charge in [-0.15, -0.1) is 0 Å². The number of carboxylic acid groups (broad SMARTS) is 1. The first-order valence-electron chi connectivity index (χ1n) is 5.44. The average molecular weight is 294 g/mol. The first kappa shape index (κ1) is 13.8. The molecule has 0 aliphatic rings. The Balaban J connectivity index is 2.41. The zero-order valence-corrected chi connectivity index (χ0v) is 10.8. The Bertz CT molecular complexity index is 790. The van der Waals surface area contributed by atoms with Gasteiger partial charge in [0, 0.05) is 12.3 Å². The van der Waals surface area contributed by atoms with Gasteiger partial charge in [-0.3, -0.25) is 9.52 Å². The number of rotatable bonds is 4. The lowest BCUT2D eigenvalue weighted by molar-refractivity contribution is 0.0698. The highest BCUT2D eigenvalue weighted by Gasteiger charge is 2.18. The molecule has 0 fully saturated rings. The van der Waals surface area contributed by atoms with Crippen LogP contribution < -0.4 is 10.3 Å². The molecule has 0 amide bonds. The molecule has 0 unspecified atom stereocenters. The van der Waals surface area contributed by atoms with Crippen molar-refractivity contribution in [3.63, 3.8) is 0 Å². The SMILES string of the molecule is O=C(O)c1ccccc1NS(=O)(=O)c1ccc(=O)[nH]c1. The van der Waals surface area contributed by atoms with Gasteiger partial charge in [0.2, 0.25) is 5.56 Å². The van der Waals surface area contributed by atoms with Crippen LogP contribution in [0.25, 0.3) is 0 Å². The fraction of sp³-hybridized carbons (Fsp3) is 0. The van der Waals surface area contributed by atoms with Gasteiger partial charge in [-0.25, -0.2) is 13.2 Å². The summed E-state index contributed by atoms with van der Waals surface area (Å²) in [7, 11) is -3.97. The van der Waals surface area contributed by atoms with Crippen LogP contribution >= 0.6 is 0 Å². The minimum Gasteiger partial charge on any atom is -0.478 e. The summed E-state index contributed by atoms with van der Waals surface area (Å²) < 4.78 is 26.3. The van der Waals surface area contributed by atoms with Crippen LogP contribution in [0, 0.1) is 0 Å². The number of aromatic carboxylic acids is 1. The molecule has 2 rings (SSSR count). The Kier molecular flexibility index (Phi) is 3.57. The molecule has 0 atom stereocenters. The number of sulfonamides is 1. The maximum Gasteiger partial charge on any atom is 0.337 e. The van der Waals surface area contributed by atoms with Crippen LogP contribution in [0.2, 0.25) is 0 Å². The first-order valence-corrected chi connectivity index (χ1v) is 6.92. The number of nitrogens with one attached hydrogen (secondary N) is 2. The van der Waals surface area contributed by atoms with E-state index in [1.54, 1.807) is 0 Å². The van der Waals surface area contributed by atoms with Gasteiger partial charge in [-0.05, 0) is 18.2 Å². The summed E-state index contributed by atoms with van der Waals surface area (Å²) in [6.45, 7) is 0.